The summed E-state index contributed by atoms with van der Waals surface area (Å²) < 4.78 is 12.4. The zero-order valence-electron chi connectivity index (χ0n) is 17.7. The van der Waals surface area contributed by atoms with Crippen LogP contribution in [0.25, 0.3) is 21.5 Å². The quantitative estimate of drug-likeness (QED) is 0.296. The van der Waals surface area contributed by atoms with Crippen LogP contribution in [-0.4, -0.2) is 13.3 Å². The Bertz CT molecular complexity index is 1470. The maximum Gasteiger partial charge on any atom is 0.194 e. The molecule has 1 atom stereocenters. The minimum atomic E-state index is -0.842. The van der Waals surface area contributed by atoms with Crippen LogP contribution in [0.4, 0.5) is 5.69 Å². The van der Waals surface area contributed by atoms with E-state index in [1.54, 1.807) is 7.11 Å². The van der Waals surface area contributed by atoms with Gasteiger partial charge in [0.25, 0.3) is 0 Å². The fraction of sp³-hybridized carbons (Fsp3) is 0.0690. The second kappa shape index (κ2) is 7.24. The minimum Gasteiger partial charge on any atom is -0.497 e. The van der Waals surface area contributed by atoms with Gasteiger partial charge in [-0.2, -0.15) is 0 Å². The summed E-state index contributed by atoms with van der Waals surface area (Å²) in [5, 5.41) is 4.50. The fourth-order valence-corrected chi connectivity index (χ4v) is 4.62. The second-order valence-corrected chi connectivity index (χ2v) is 7.96. The normalized spacial score (nSPS) is 17.2. The molecule has 0 bridgehead atoms. The van der Waals surface area contributed by atoms with Crippen LogP contribution in [0.2, 0.25) is 0 Å². The summed E-state index contributed by atoms with van der Waals surface area (Å²) >= 11 is 0. The number of nitrogens with zero attached hydrogens (tertiary/aromatic N) is 1. The van der Waals surface area contributed by atoms with Gasteiger partial charge in [0.05, 0.1) is 13.3 Å². The molecule has 5 aromatic carbocycles. The molecule has 0 aliphatic carbocycles. The first-order chi connectivity index (χ1) is 15.8. The van der Waals surface area contributed by atoms with Crippen LogP contribution in [0.3, 0.4) is 0 Å². The van der Waals surface area contributed by atoms with Gasteiger partial charge in [0, 0.05) is 21.9 Å². The van der Waals surface area contributed by atoms with E-state index in [1.165, 1.54) is 5.39 Å². The average Bonchev–Trinajstić information content (AvgIpc) is 2.89. The van der Waals surface area contributed by atoms with Crippen molar-refractivity contribution in [2.75, 3.05) is 7.11 Å². The number of benzene rings is 5. The van der Waals surface area contributed by atoms with E-state index < -0.39 is 5.60 Å². The summed E-state index contributed by atoms with van der Waals surface area (Å²) in [6, 6.07) is 35.1. The lowest BCUT2D eigenvalue weighted by molar-refractivity contribution is 0.190. The molecule has 0 amide bonds. The van der Waals surface area contributed by atoms with Crippen LogP contribution in [0.1, 0.15) is 11.1 Å². The maximum atomic E-state index is 7.00. The van der Waals surface area contributed by atoms with Crippen molar-refractivity contribution in [2.24, 2.45) is 4.99 Å². The molecule has 3 heteroatoms. The van der Waals surface area contributed by atoms with Gasteiger partial charge in [-0.15, -0.1) is 0 Å². The van der Waals surface area contributed by atoms with E-state index in [-0.39, 0.29) is 0 Å². The predicted octanol–water partition coefficient (Wildman–Crippen LogP) is 7.04. The number of ether oxygens (including phenoxy) is 2. The molecular weight excluding hydrogens is 394 g/mol. The molecule has 6 rings (SSSR count). The van der Waals surface area contributed by atoms with Gasteiger partial charge in [-0.1, -0.05) is 91.0 Å². The first kappa shape index (κ1) is 18.6. The van der Waals surface area contributed by atoms with Crippen molar-refractivity contribution in [3.05, 3.63) is 114 Å². The lowest BCUT2D eigenvalue weighted by atomic mass is 9.85. The molecule has 0 radical (unpaired) electrons. The fourth-order valence-electron chi connectivity index (χ4n) is 4.62. The smallest absolute Gasteiger partial charge is 0.194 e. The molecule has 0 saturated heterocycles. The number of rotatable bonds is 3. The van der Waals surface area contributed by atoms with Gasteiger partial charge >= 0.3 is 0 Å². The lowest BCUT2D eigenvalue weighted by Crippen LogP contribution is -2.38. The topological polar surface area (TPSA) is 30.8 Å². The van der Waals surface area contributed by atoms with Gasteiger partial charge in [-0.3, -0.25) is 4.99 Å². The Labute approximate surface area is 186 Å². The highest BCUT2D eigenvalue weighted by molar-refractivity contribution is 6.17. The van der Waals surface area contributed by atoms with E-state index in [0.29, 0.717) is 0 Å². The molecular formula is C29H21NO2. The van der Waals surface area contributed by atoms with Crippen LogP contribution in [0, 0.1) is 0 Å². The molecule has 1 heterocycles. The Morgan fingerprint density at radius 3 is 1.88 bits per heavy atom. The first-order valence-electron chi connectivity index (χ1n) is 10.7. The summed E-state index contributed by atoms with van der Waals surface area (Å²) in [6.07, 6.45) is 1.94. The molecule has 3 nitrogen and oxygen atoms in total. The summed E-state index contributed by atoms with van der Waals surface area (Å²) in [5.74, 6) is 1.61. The van der Waals surface area contributed by atoms with E-state index in [0.717, 1.165) is 44.5 Å². The summed E-state index contributed by atoms with van der Waals surface area (Å²) in [6.45, 7) is 0. The molecule has 0 aromatic heterocycles. The van der Waals surface area contributed by atoms with Gasteiger partial charge in [0.1, 0.15) is 11.4 Å². The van der Waals surface area contributed by atoms with Gasteiger partial charge in [0.2, 0.25) is 0 Å². The van der Waals surface area contributed by atoms with Crippen molar-refractivity contribution in [1.82, 2.24) is 0 Å². The van der Waals surface area contributed by atoms with Crippen molar-refractivity contribution in [3.8, 4) is 11.5 Å². The third-order valence-electron chi connectivity index (χ3n) is 6.22. The Balaban J connectivity index is 1.66. The number of methoxy groups -OCH3 is 1. The van der Waals surface area contributed by atoms with Crippen molar-refractivity contribution >= 4 is 33.4 Å². The molecule has 0 fully saturated rings. The van der Waals surface area contributed by atoms with Crippen molar-refractivity contribution < 1.29 is 9.47 Å². The molecule has 154 valence electrons. The highest BCUT2D eigenvalue weighted by Gasteiger charge is 2.39. The molecule has 32 heavy (non-hydrogen) atoms. The minimum absolute atomic E-state index is 0.807. The Kier molecular flexibility index (Phi) is 4.22. The number of hydrogen-bond donors (Lipinski definition) is 0. The highest BCUT2D eigenvalue weighted by Crippen LogP contribution is 2.49. The Morgan fingerprint density at radius 1 is 0.625 bits per heavy atom. The van der Waals surface area contributed by atoms with Crippen LogP contribution in [-0.2, 0) is 5.60 Å². The highest BCUT2D eigenvalue weighted by atomic mass is 16.5. The Morgan fingerprint density at radius 2 is 1.19 bits per heavy atom. The van der Waals surface area contributed by atoms with E-state index in [9.17, 15) is 0 Å². The van der Waals surface area contributed by atoms with Gasteiger partial charge in [-0.05, 0) is 22.9 Å². The van der Waals surface area contributed by atoms with Crippen molar-refractivity contribution in [3.63, 3.8) is 0 Å². The molecule has 1 aliphatic heterocycles. The predicted molar refractivity (Wildman–Crippen MR) is 130 cm³/mol. The van der Waals surface area contributed by atoms with Gasteiger partial charge < -0.3 is 9.47 Å². The van der Waals surface area contributed by atoms with Gasteiger partial charge in [-0.25, -0.2) is 0 Å². The molecule has 5 aromatic rings. The maximum absolute atomic E-state index is 7.00. The zero-order chi connectivity index (χ0) is 21.5. The third-order valence-corrected chi connectivity index (χ3v) is 6.22. The summed E-state index contributed by atoms with van der Waals surface area (Å²) in [7, 11) is 1.67. The van der Waals surface area contributed by atoms with Crippen LogP contribution in [0.15, 0.2) is 108 Å². The number of fused-ring (bicyclic) bond motifs is 6. The van der Waals surface area contributed by atoms with E-state index >= 15 is 0 Å². The molecule has 1 unspecified atom stereocenters. The summed E-state index contributed by atoms with van der Waals surface area (Å²) in [5.41, 5.74) is 2.05. The Hall–Kier alpha value is -4.11. The average molecular weight is 415 g/mol. The number of aliphatic imine (C=N–C) groups is 1. The van der Waals surface area contributed by atoms with E-state index in [1.807, 2.05) is 48.7 Å². The molecule has 1 aliphatic rings. The van der Waals surface area contributed by atoms with Crippen molar-refractivity contribution in [1.29, 1.82) is 0 Å². The van der Waals surface area contributed by atoms with Gasteiger partial charge in [0.15, 0.2) is 11.4 Å². The zero-order valence-corrected chi connectivity index (χ0v) is 17.7. The molecule has 0 spiro atoms. The lowest BCUT2D eigenvalue weighted by Gasteiger charge is -2.36. The first-order valence-corrected chi connectivity index (χ1v) is 10.7. The van der Waals surface area contributed by atoms with Crippen LogP contribution >= 0.6 is 0 Å². The largest absolute Gasteiger partial charge is 0.497 e. The second-order valence-electron chi connectivity index (χ2n) is 7.96. The SMILES string of the molecule is COc1ccc(C2(c3ccccc3)C=Nc3c(c4ccccc4c4ccccc34)O2)cc1. The third kappa shape index (κ3) is 2.71. The summed E-state index contributed by atoms with van der Waals surface area (Å²) in [4.78, 5) is 5.04. The monoisotopic (exact) mass is 415 g/mol. The van der Waals surface area contributed by atoms with Crippen LogP contribution < -0.4 is 9.47 Å². The number of hydrogen-bond acceptors (Lipinski definition) is 3. The molecule has 0 saturated carbocycles. The van der Waals surface area contributed by atoms with Crippen molar-refractivity contribution in [2.45, 2.75) is 5.60 Å². The standard InChI is InChI=1S/C29H21NO2/c1-31-22-17-15-21(16-18-22)29(20-9-3-2-4-10-20)19-30-27-25-13-7-5-11-23(25)24-12-6-8-14-26(24)28(27)32-29/h2-19H,1H3. The van der Waals surface area contributed by atoms with Crippen LogP contribution in [0.5, 0.6) is 11.5 Å². The van der Waals surface area contributed by atoms with E-state index in [2.05, 4.69) is 60.7 Å². The molecule has 0 N–H and O–H groups in total. The van der Waals surface area contributed by atoms with E-state index in [4.69, 9.17) is 14.5 Å².